The maximum Gasteiger partial charge on any atom is 0.225 e. The van der Waals surface area contributed by atoms with Crippen molar-refractivity contribution in [2.45, 2.75) is 6.42 Å². The molecule has 0 bridgehead atoms. The molecule has 1 rings (SSSR count). The van der Waals surface area contributed by atoms with Gasteiger partial charge in [0.2, 0.25) is 5.91 Å². The molecule has 1 N–H and O–H groups in total. The van der Waals surface area contributed by atoms with Crippen LogP contribution in [0.2, 0.25) is 5.02 Å². The molecule has 0 saturated carbocycles. The van der Waals surface area contributed by atoms with Crippen molar-refractivity contribution in [3.05, 3.63) is 27.7 Å². The molecule has 0 heterocycles. The van der Waals surface area contributed by atoms with Crippen LogP contribution in [0, 0.1) is 0 Å². The molecule has 0 unspecified atom stereocenters. The van der Waals surface area contributed by atoms with Crippen molar-refractivity contribution in [2.75, 3.05) is 11.1 Å². The summed E-state index contributed by atoms with van der Waals surface area (Å²) in [5.41, 5.74) is 0.723. The van der Waals surface area contributed by atoms with E-state index >= 15 is 0 Å². The summed E-state index contributed by atoms with van der Waals surface area (Å²) in [5.74, 6) is 0.486. The Bertz CT molecular complexity index is 346. The summed E-state index contributed by atoms with van der Waals surface area (Å²) in [6.45, 7) is 0. The van der Waals surface area contributed by atoms with E-state index in [-0.39, 0.29) is 5.91 Å². The Morgan fingerprint density at radius 3 is 2.86 bits per heavy atom. The minimum Gasteiger partial charge on any atom is -0.325 e. The summed E-state index contributed by atoms with van der Waals surface area (Å²) < 4.78 is 0.775. The maximum absolute atomic E-state index is 11.2. The van der Waals surface area contributed by atoms with Crippen LogP contribution in [0.15, 0.2) is 22.7 Å². The average Bonchev–Trinajstić information content (AvgIpc) is 2.10. The highest BCUT2D eigenvalue weighted by Crippen LogP contribution is 2.25. The highest BCUT2D eigenvalue weighted by Gasteiger charge is 2.04. The van der Waals surface area contributed by atoms with E-state index in [4.69, 9.17) is 11.6 Å². The molecule has 0 aliphatic heterocycles. The molecule has 1 amide bonds. The third-order valence-electron chi connectivity index (χ3n) is 1.54. The Balaban J connectivity index is 2.72. The first-order valence-electron chi connectivity index (χ1n) is 3.99. The molecular formula is C9H9BrClNOS. The van der Waals surface area contributed by atoms with Gasteiger partial charge in [0, 0.05) is 15.9 Å². The highest BCUT2D eigenvalue weighted by molar-refractivity contribution is 9.10. The van der Waals surface area contributed by atoms with Gasteiger partial charge in [0.25, 0.3) is 0 Å². The quantitative estimate of drug-likeness (QED) is 0.822. The molecular weight excluding hydrogens is 286 g/mol. The topological polar surface area (TPSA) is 29.1 Å². The number of hydrogen-bond donors (Lipinski definition) is 2. The molecule has 0 saturated heterocycles. The fourth-order valence-electron chi connectivity index (χ4n) is 0.905. The van der Waals surface area contributed by atoms with E-state index in [0.717, 1.165) is 10.2 Å². The van der Waals surface area contributed by atoms with E-state index < -0.39 is 0 Å². The van der Waals surface area contributed by atoms with Crippen LogP contribution in [0.4, 0.5) is 5.69 Å². The van der Waals surface area contributed by atoms with Crippen molar-refractivity contribution >= 4 is 51.8 Å². The number of carbonyl (C=O) groups excluding carboxylic acids is 1. The van der Waals surface area contributed by atoms with E-state index in [0.29, 0.717) is 17.2 Å². The number of rotatable bonds is 3. The van der Waals surface area contributed by atoms with Crippen LogP contribution in [-0.4, -0.2) is 11.7 Å². The SMILES string of the molecule is O=C(CCS)Nc1ccc(Cl)cc1Br. The monoisotopic (exact) mass is 293 g/mol. The van der Waals surface area contributed by atoms with Gasteiger partial charge in [0.15, 0.2) is 0 Å². The van der Waals surface area contributed by atoms with Gasteiger partial charge in [-0.1, -0.05) is 11.6 Å². The van der Waals surface area contributed by atoms with Gasteiger partial charge in [-0.2, -0.15) is 12.6 Å². The number of amides is 1. The number of hydrogen-bond acceptors (Lipinski definition) is 2. The van der Waals surface area contributed by atoms with E-state index in [1.807, 2.05) is 0 Å². The zero-order valence-electron chi connectivity index (χ0n) is 7.26. The predicted octanol–water partition coefficient (Wildman–Crippen LogP) is 3.36. The third kappa shape index (κ3) is 3.52. The van der Waals surface area contributed by atoms with Crippen LogP contribution in [0.25, 0.3) is 0 Å². The zero-order chi connectivity index (χ0) is 10.6. The van der Waals surface area contributed by atoms with E-state index in [2.05, 4.69) is 33.9 Å². The summed E-state index contributed by atoms with van der Waals surface area (Å²) in [7, 11) is 0. The molecule has 1 aromatic rings. The standard InChI is InChI=1S/C9H9BrClNOS/c10-7-5-6(11)1-2-8(7)12-9(13)3-4-14/h1-2,5,14H,3-4H2,(H,12,13). The average molecular weight is 295 g/mol. The number of halogens is 2. The highest BCUT2D eigenvalue weighted by atomic mass is 79.9. The largest absolute Gasteiger partial charge is 0.325 e. The Kier molecular flexibility index (Phi) is 4.78. The number of nitrogens with one attached hydrogen (secondary N) is 1. The van der Waals surface area contributed by atoms with Gasteiger partial charge in [0.1, 0.15) is 0 Å². The van der Waals surface area contributed by atoms with Crippen molar-refractivity contribution in [3.8, 4) is 0 Å². The molecule has 2 nitrogen and oxygen atoms in total. The van der Waals surface area contributed by atoms with Crippen LogP contribution < -0.4 is 5.32 Å². The lowest BCUT2D eigenvalue weighted by Crippen LogP contribution is -2.11. The van der Waals surface area contributed by atoms with Crippen molar-refractivity contribution < 1.29 is 4.79 Å². The molecule has 0 spiro atoms. The number of thiol groups is 1. The first kappa shape index (κ1) is 11.9. The maximum atomic E-state index is 11.2. The second kappa shape index (κ2) is 5.63. The second-order valence-corrected chi connectivity index (χ2v) is 4.38. The van der Waals surface area contributed by atoms with Gasteiger partial charge in [-0.3, -0.25) is 4.79 Å². The van der Waals surface area contributed by atoms with Crippen molar-refractivity contribution in [2.24, 2.45) is 0 Å². The van der Waals surface area contributed by atoms with Crippen LogP contribution in [0.5, 0.6) is 0 Å². The van der Waals surface area contributed by atoms with Crippen molar-refractivity contribution in [3.63, 3.8) is 0 Å². The molecule has 0 aromatic heterocycles. The number of benzene rings is 1. The first-order valence-corrected chi connectivity index (χ1v) is 5.79. The third-order valence-corrected chi connectivity index (χ3v) is 2.66. The lowest BCUT2D eigenvalue weighted by molar-refractivity contribution is -0.115. The van der Waals surface area contributed by atoms with E-state index in [1.165, 1.54) is 0 Å². The minimum absolute atomic E-state index is 0.0528. The van der Waals surface area contributed by atoms with Gasteiger partial charge >= 0.3 is 0 Å². The zero-order valence-corrected chi connectivity index (χ0v) is 10.5. The molecule has 0 atom stereocenters. The van der Waals surface area contributed by atoms with E-state index in [9.17, 15) is 4.79 Å². The molecule has 0 fully saturated rings. The summed E-state index contributed by atoms with van der Waals surface area (Å²) in [6.07, 6.45) is 0.401. The van der Waals surface area contributed by atoms with Crippen LogP contribution in [0.1, 0.15) is 6.42 Å². The van der Waals surface area contributed by atoms with Gasteiger partial charge in [-0.05, 0) is 39.9 Å². The van der Waals surface area contributed by atoms with Crippen molar-refractivity contribution in [1.29, 1.82) is 0 Å². The summed E-state index contributed by atoms with van der Waals surface area (Å²) >= 11 is 13.0. The first-order chi connectivity index (χ1) is 6.63. The smallest absolute Gasteiger partial charge is 0.225 e. The molecule has 0 aliphatic carbocycles. The summed E-state index contributed by atoms with van der Waals surface area (Å²) in [4.78, 5) is 11.2. The summed E-state index contributed by atoms with van der Waals surface area (Å²) in [5, 5.41) is 3.37. The minimum atomic E-state index is -0.0528. The molecule has 0 radical (unpaired) electrons. The van der Waals surface area contributed by atoms with Crippen LogP contribution in [-0.2, 0) is 4.79 Å². The Labute approximate surface area is 102 Å². The molecule has 0 aliphatic rings. The lowest BCUT2D eigenvalue weighted by atomic mass is 10.3. The van der Waals surface area contributed by atoms with Crippen LogP contribution in [0.3, 0.4) is 0 Å². The molecule has 5 heteroatoms. The van der Waals surface area contributed by atoms with Gasteiger partial charge < -0.3 is 5.32 Å². The van der Waals surface area contributed by atoms with Gasteiger partial charge in [0.05, 0.1) is 5.69 Å². The molecule has 1 aromatic carbocycles. The van der Waals surface area contributed by atoms with Gasteiger partial charge in [-0.15, -0.1) is 0 Å². The van der Waals surface area contributed by atoms with Crippen LogP contribution >= 0.6 is 40.2 Å². The number of carbonyl (C=O) groups is 1. The summed E-state index contributed by atoms with van der Waals surface area (Å²) in [6, 6.07) is 5.21. The molecule has 76 valence electrons. The Morgan fingerprint density at radius 2 is 2.29 bits per heavy atom. The van der Waals surface area contributed by atoms with Crippen molar-refractivity contribution in [1.82, 2.24) is 0 Å². The second-order valence-electron chi connectivity index (χ2n) is 2.65. The fourth-order valence-corrected chi connectivity index (χ4v) is 1.89. The lowest BCUT2D eigenvalue weighted by Gasteiger charge is -2.06. The van der Waals surface area contributed by atoms with Gasteiger partial charge in [-0.25, -0.2) is 0 Å². The Hall–Kier alpha value is -0.190. The number of anilines is 1. The molecule has 14 heavy (non-hydrogen) atoms. The Morgan fingerprint density at radius 1 is 1.57 bits per heavy atom. The predicted molar refractivity (Wildman–Crippen MR) is 66.3 cm³/mol. The van der Waals surface area contributed by atoms with E-state index in [1.54, 1.807) is 18.2 Å². The fraction of sp³-hybridized carbons (Fsp3) is 0.222. The normalized spacial score (nSPS) is 9.93.